The van der Waals surface area contributed by atoms with Crippen LogP contribution in [0.1, 0.15) is 52.3 Å². The summed E-state index contributed by atoms with van der Waals surface area (Å²) in [4.78, 5) is 0. The van der Waals surface area contributed by atoms with Gasteiger partial charge in [-0.05, 0) is 86.8 Å². The molecule has 2 heteroatoms. The molecular weight excluding hydrogens is 230 g/mol. The fourth-order valence-electron chi connectivity index (χ4n) is 2.72. The number of hydrogen-bond acceptors (Lipinski definition) is 1. The molecule has 0 saturated heterocycles. The van der Waals surface area contributed by atoms with Gasteiger partial charge in [-0.2, -0.15) is 0 Å². The molecule has 0 aromatic heterocycles. The topological polar surface area (TPSA) is 26.0 Å². The van der Waals surface area contributed by atoms with E-state index in [1.807, 2.05) is 0 Å². The number of benzene rings is 1. The lowest BCUT2D eigenvalue weighted by atomic mass is 9.85. The molecule has 1 aromatic rings. The molecule has 0 aliphatic heterocycles. The van der Waals surface area contributed by atoms with E-state index in [4.69, 9.17) is 5.73 Å². The molecule has 96 valence electrons. The summed E-state index contributed by atoms with van der Waals surface area (Å²) < 4.78 is 0. The van der Waals surface area contributed by atoms with Gasteiger partial charge >= 0.3 is 0 Å². The Morgan fingerprint density at radius 1 is 0.824 bits per heavy atom. The van der Waals surface area contributed by atoms with Crippen LogP contribution in [0, 0.1) is 40.5 Å². The van der Waals surface area contributed by atoms with Gasteiger partial charge in [0.1, 0.15) is 0 Å². The number of rotatable bonds is 2. The van der Waals surface area contributed by atoms with Crippen LogP contribution in [0.4, 0.5) is 0 Å². The summed E-state index contributed by atoms with van der Waals surface area (Å²) in [6.45, 7) is 11.1. The predicted molar refractivity (Wildman–Crippen MR) is 77.0 cm³/mol. The third-order valence-corrected chi connectivity index (χ3v) is 4.52. The van der Waals surface area contributed by atoms with Crippen LogP contribution >= 0.6 is 12.4 Å². The van der Waals surface area contributed by atoms with Crippen molar-refractivity contribution in [1.82, 2.24) is 0 Å². The Balaban J connectivity index is 0.00000144. The maximum Gasteiger partial charge on any atom is 0.0328 e. The lowest BCUT2D eigenvalue weighted by Crippen LogP contribution is -2.17. The molecule has 2 N–H and O–H groups in total. The smallest absolute Gasteiger partial charge is 0.0328 e. The van der Waals surface area contributed by atoms with Gasteiger partial charge in [-0.15, -0.1) is 12.4 Å². The van der Waals surface area contributed by atoms with Crippen molar-refractivity contribution >= 4 is 12.4 Å². The standard InChI is InChI=1S/C15H23N.ClH/c1-8-9(2)11(4)14(12(5)10(8)3)15(16)13-6-7-13;/h13,15H,6-7,16H2,1-5H3;1H/t15-;/m1./s1. The molecule has 0 heterocycles. The number of nitrogens with two attached hydrogens (primary N) is 1. The van der Waals surface area contributed by atoms with Crippen LogP contribution in [0.3, 0.4) is 0 Å². The van der Waals surface area contributed by atoms with Crippen molar-refractivity contribution in [2.24, 2.45) is 11.7 Å². The lowest BCUT2D eigenvalue weighted by molar-refractivity contribution is 0.624. The molecule has 1 atom stereocenters. The maximum atomic E-state index is 6.39. The minimum atomic E-state index is 0. The zero-order chi connectivity index (χ0) is 12.0. The van der Waals surface area contributed by atoms with E-state index in [2.05, 4.69) is 34.6 Å². The minimum Gasteiger partial charge on any atom is -0.324 e. The van der Waals surface area contributed by atoms with Gasteiger partial charge in [-0.25, -0.2) is 0 Å². The van der Waals surface area contributed by atoms with Crippen LogP contribution in [0.25, 0.3) is 0 Å². The van der Waals surface area contributed by atoms with Gasteiger partial charge in [0.15, 0.2) is 0 Å². The van der Waals surface area contributed by atoms with Gasteiger partial charge in [0, 0.05) is 6.04 Å². The summed E-state index contributed by atoms with van der Waals surface area (Å²) in [5, 5.41) is 0. The molecule has 17 heavy (non-hydrogen) atoms. The Morgan fingerprint density at radius 3 is 1.53 bits per heavy atom. The van der Waals surface area contributed by atoms with Gasteiger partial charge in [0.2, 0.25) is 0 Å². The van der Waals surface area contributed by atoms with E-state index in [9.17, 15) is 0 Å². The van der Waals surface area contributed by atoms with Crippen LogP contribution in [-0.2, 0) is 0 Å². The molecule has 0 amide bonds. The largest absolute Gasteiger partial charge is 0.324 e. The first-order valence-electron chi connectivity index (χ1n) is 6.27. The van der Waals surface area contributed by atoms with Gasteiger partial charge in [-0.1, -0.05) is 0 Å². The maximum absolute atomic E-state index is 6.39. The average molecular weight is 254 g/mol. The molecule has 1 fully saturated rings. The Kier molecular flexibility index (Phi) is 4.27. The number of hydrogen-bond donors (Lipinski definition) is 1. The SMILES string of the molecule is Cc1c(C)c(C)c([C@H](N)C2CC2)c(C)c1C.Cl. The van der Waals surface area contributed by atoms with Crippen molar-refractivity contribution < 1.29 is 0 Å². The third kappa shape index (κ3) is 2.36. The van der Waals surface area contributed by atoms with Crippen LogP contribution in [0.5, 0.6) is 0 Å². The molecular formula is C15H24ClN. The zero-order valence-corrected chi connectivity index (χ0v) is 12.4. The molecule has 1 aliphatic carbocycles. The Bertz CT molecular complexity index is 404. The van der Waals surface area contributed by atoms with Crippen molar-refractivity contribution in [1.29, 1.82) is 0 Å². The molecule has 0 spiro atoms. The Labute approximate surface area is 111 Å². The van der Waals surface area contributed by atoms with E-state index in [-0.39, 0.29) is 18.4 Å². The van der Waals surface area contributed by atoms with Gasteiger partial charge in [0.25, 0.3) is 0 Å². The Hall–Kier alpha value is -0.530. The van der Waals surface area contributed by atoms with E-state index in [1.54, 1.807) is 0 Å². The second-order valence-corrected chi connectivity index (χ2v) is 5.40. The summed E-state index contributed by atoms with van der Waals surface area (Å²) in [6.07, 6.45) is 2.62. The highest BCUT2D eigenvalue weighted by Crippen LogP contribution is 2.42. The van der Waals surface area contributed by atoms with Gasteiger partial charge in [0.05, 0.1) is 0 Å². The minimum absolute atomic E-state index is 0. The predicted octanol–water partition coefficient (Wildman–Crippen LogP) is 4.06. The molecule has 0 unspecified atom stereocenters. The van der Waals surface area contributed by atoms with Gasteiger partial charge < -0.3 is 5.73 Å². The quantitative estimate of drug-likeness (QED) is 0.845. The molecule has 0 radical (unpaired) electrons. The van der Waals surface area contributed by atoms with E-state index < -0.39 is 0 Å². The average Bonchev–Trinajstić information content (AvgIpc) is 3.07. The van der Waals surface area contributed by atoms with E-state index in [0.29, 0.717) is 0 Å². The third-order valence-electron chi connectivity index (χ3n) is 4.52. The molecule has 1 aromatic carbocycles. The van der Waals surface area contributed by atoms with Crippen molar-refractivity contribution in [2.75, 3.05) is 0 Å². The summed E-state index contributed by atoms with van der Waals surface area (Å²) in [6, 6.07) is 0.262. The van der Waals surface area contributed by atoms with Crippen LogP contribution in [0.2, 0.25) is 0 Å². The molecule has 1 nitrogen and oxygen atoms in total. The fraction of sp³-hybridized carbons (Fsp3) is 0.600. The highest BCUT2D eigenvalue weighted by Gasteiger charge is 2.32. The van der Waals surface area contributed by atoms with E-state index in [1.165, 1.54) is 46.2 Å². The molecule has 2 rings (SSSR count). The summed E-state index contributed by atoms with van der Waals surface area (Å²) in [5.74, 6) is 0.735. The van der Waals surface area contributed by atoms with Crippen LogP contribution in [0.15, 0.2) is 0 Å². The fourth-order valence-corrected chi connectivity index (χ4v) is 2.72. The first kappa shape index (κ1) is 14.5. The monoisotopic (exact) mass is 253 g/mol. The second kappa shape index (κ2) is 4.99. The highest BCUT2D eigenvalue weighted by molar-refractivity contribution is 5.85. The molecule has 1 saturated carbocycles. The van der Waals surface area contributed by atoms with E-state index in [0.717, 1.165) is 5.92 Å². The normalized spacial score (nSPS) is 16.6. The highest BCUT2D eigenvalue weighted by atomic mass is 35.5. The first-order chi connectivity index (χ1) is 7.45. The summed E-state index contributed by atoms with van der Waals surface area (Å²) in [5.41, 5.74) is 14.9. The number of halogens is 1. The van der Waals surface area contributed by atoms with Crippen LogP contribution < -0.4 is 5.73 Å². The van der Waals surface area contributed by atoms with Crippen LogP contribution in [-0.4, -0.2) is 0 Å². The molecule has 0 bridgehead atoms. The van der Waals surface area contributed by atoms with Crippen molar-refractivity contribution in [2.45, 2.75) is 53.5 Å². The van der Waals surface area contributed by atoms with Crippen molar-refractivity contribution in [3.63, 3.8) is 0 Å². The van der Waals surface area contributed by atoms with Crippen molar-refractivity contribution in [3.05, 3.63) is 33.4 Å². The van der Waals surface area contributed by atoms with Gasteiger partial charge in [-0.3, -0.25) is 0 Å². The Morgan fingerprint density at radius 2 is 1.18 bits per heavy atom. The van der Waals surface area contributed by atoms with Crippen molar-refractivity contribution in [3.8, 4) is 0 Å². The zero-order valence-electron chi connectivity index (χ0n) is 11.6. The lowest BCUT2D eigenvalue weighted by Gasteiger charge is -2.23. The second-order valence-electron chi connectivity index (χ2n) is 5.40. The first-order valence-corrected chi connectivity index (χ1v) is 6.27. The molecule has 1 aliphatic rings. The van der Waals surface area contributed by atoms with E-state index >= 15 is 0 Å². The summed E-state index contributed by atoms with van der Waals surface area (Å²) in [7, 11) is 0. The summed E-state index contributed by atoms with van der Waals surface area (Å²) >= 11 is 0.